The average Bonchev–Trinajstić information content (AvgIpc) is 2.44. The van der Waals surface area contributed by atoms with Gasteiger partial charge >= 0.3 is 0 Å². The molecule has 68 valence electrons. The highest BCUT2D eigenvalue weighted by Crippen LogP contribution is 2.23. The Morgan fingerprint density at radius 3 is 3.00 bits per heavy atom. The zero-order chi connectivity index (χ0) is 9.59. The second-order valence-corrected chi connectivity index (χ2v) is 3.69. The summed E-state index contributed by atoms with van der Waals surface area (Å²) in [5.41, 5.74) is 1.99. The van der Waals surface area contributed by atoms with E-state index in [9.17, 15) is 4.79 Å². The summed E-state index contributed by atoms with van der Waals surface area (Å²) in [5, 5.41) is 3.79. The Kier molecular flexibility index (Phi) is 1.76. The third kappa shape index (κ3) is 1.11. The standard InChI is InChI=1S/C8H7BrN2O2/c1-4-7-8(13-10-4)5(9)3-6(12)11(7)2/h3H,1-2H3. The van der Waals surface area contributed by atoms with E-state index in [-0.39, 0.29) is 5.56 Å². The van der Waals surface area contributed by atoms with Crippen LogP contribution in [0.1, 0.15) is 5.69 Å². The highest BCUT2D eigenvalue weighted by Gasteiger charge is 2.11. The number of aryl methyl sites for hydroxylation is 2. The van der Waals surface area contributed by atoms with Gasteiger partial charge in [0.1, 0.15) is 11.2 Å². The lowest BCUT2D eigenvalue weighted by Gasteiger charge is -1.98. The van der Waals surface area contributed by atoms with Gasteiger partial charge in [0, 0.05) is 13.1 Å². The number of nitrogens with zero attached hydrogens (tertiary/aromatic N) is 2. The van der Waals surface area contributed by atoms with Gasteiger partial charge in [0.25, 0.3) is 5.56 Å². The molecule has 4 nitrogen and oxygen atoms in total. The molecule has 0 aromatic carbocycles. The molecule has 0 spiro atoms. The van der Waals surface area contributed by atoms with Gasteiger partial charge in [-0.05, 0) is 22.9 Å². The van der Waals surface area contributed by atoms with Crippen LogP contribution < -0.4 is 5.56 Å². The molecule has 0 radical (unpaired) electrons. The van der Waals surface area contributed by atoms with Crippen molar-refractivity contribution >= 4 is 27.0 Å². The number of pyridine rings is 1. The highest BCUT2D eigenvalue weighted by molar-refractivity contribution is 9.10. The molecule has 2 aromatic heterocycles. The van der Waals surface area contributed by atoms with E-state index in [4.69, 9.17) is 4.52 Å². The third-order valence-corrected chi connectivity index (χ3v) is 2.55. The number of hydrogen-bond acceptors (Lipinski definition) is 3. The van der Waals surface area contributed by atoms with Crippen LogP contribution in [0.2, 0.25) is 0 Å². The zero-order valence-electron chi connectivity index (χ0n) is 7.17. The van der Waals surface area contributed by atoms with Gasteiger partial charge in [0.15, 0.2) is 5.58 Å². The van der Waals surface area contributed by atoms with E-state index < -0.39 is 0 Å². The maximum atomic E-state index is 11.4. The largest absolute Gasteiger partial charge is 0.353 e. The summed E-state index contributed by atoms with van der Waals surface area (Å²) in [5.74, 6) is 0. The Morgan fingerprint density at radius 1 is 1.62 bits per heavy atom. The second-order valence-electron chi connectivity index (χ2n) is 2.84. The first-order chi connectivity index (χ1) is 6.11. The number of fused-ring (bicyclic) bond motifs is 1. The zero-order valence-corrected chi connectivity index (χ0v) is 8.75. The Bertz CT molecular complexity index is 527. The first-order valence-corrected chi connectivity index (χ1v) is 4.52. The number of halogens is 1. The Hall–Kier alpha value is -1.10. The Balaban J connectivity index is 3.09. The van der Waals surface area contributed by atoms with Crippen LogP contribution in [-0.2, 0) is 7.05 Å². The molecular weight excluding hydrogens is 236 g/mol. The molecular formula is C8H7BrN2O2. The number of rotatable bonds is 0. The normalized spacial score (nSPS) is 11.0. The lowest BCUT2D eigenvalue weighted by molar-refractivity contribution is 0.449. The summed E-state index contributed by atoms with van der Waals surface area (Å²) < 4.78 is 7.22. The molecule has 0 saturated carbocycles. The van der Waals surface area contributed by atoms with Crippen LogP contribution in [0.4, 0.5) is 0 Å². The summed E-state index contributed by atoms with van der Waals surface area (Å²) in [4.78, 5) is 11.4. The van der Waals surface area contributed by atoms with Crippen molar-refractivity contribution in [2.24, 2.45) is 7.05 Å². The summed E-state index contributed by atoms with van der Waals surface area (Å²) in [6, 6.07) is 1.47. The maximum Gasteiger partial charge on any atom is 0.252 e. The van der Waals surface area contributed by atoms with Gasteiger partial charge in [-0.2, -0.15) is 0 Å². The molecule has 0 bridgehead atoms. The minimum absolute atomic E-state index is 0.0781. The summed E-state index contributed by atoms with van der Waals surface area (Å²) in [7, 11) is 1.70. The van der Waals surface area contributed by atoms with E-state index in [2.05, 4.69) is 21.1 Å². The lowest BCUT2D eigenvalue weighted by Crippen LogP contribution is -2.15. The van der Waals surface area contributed by atoms with Crippen LogP contribution in [0.25, 0.3) is 11.1 Å². The molecule has 0 N–H and O–H groups in total. The van der Waals surface area contributed by atoms with E-state index in [1.165, 1.54) is 10.6 Å². The van der Waals surface area contributed by atoms with Crippen molar-refractivity contribution < 1.29 is 4.52 Å². The molecule has 0 aliphatic heterocycles. The molecule has 0 aliphatic rings. The van der Waals surface area contributed by atoms with E-state index >= 15 is 0 Å². The molecule has 0 aliphatic carbocycles. The van der Waals surface area contributed by atoms with Crippen LogP contribution in [0.15, 0.2) is 19.9 Å². The van der Waals surface area contributed by atoms with Crippen LogP contribution >= 0.6 is 15.9 Å². The quantitative estimate of drug-likeness (QED) is 0.706. The van der Waals surface area contributed by atoms with Crippen molar-refractivity contribution in [3.63, 3.8) is 0 Å². The SMILES string of the molecule is Cc1noc2c(Br)cc(=O)n(C)c12. The van der Waals surface area contributed by atoms with Crippen molar-refractivity contribution in [3.05, 3.63) is 26.6 Å². The molecule has 2 rings (SSSR count). The Labute approximate surface area is 82.3 Å². The van der Waals surface area contributed by atoms with Gasteiger partial charge in [-0.25, -0.2) is 0 Å². The van der Waals surface area contributed by atoms with Gasteiger partial charge in [-0.1, -0.05) is 5.16 Å². The van der Waals surface area contributed by atoms with Crippen LogP contribution in [0.5, 0.6) is 0 Å². The smallest absolute Gasteiger partial charge is 0.252 e. The second kappa shape index (κ2) is 2.70. The van der Waals surface area contributed by atoms with Gasteiger partial charge in [0.2, 0.25) is 0 Å². The molecule has 0 unspecified atom stereocenters. The molecule has 0 fully saturated rings. The topological polar surface area (TPSA) is 48.0 Å². The molecule has 0 saturated heterocycles. The monoisotopic (exact) mass is 242 g/mol. The summed E-state index contributed by atoms with van der Waals surface area (Å²) >= 11 is 3.25. The number of aromatic nitrogens is 2. The minimum Gasteiger partial charge on any atom is -0.353 e. The molecule has 13 heavy (non-hydrogen) atoms. The van der Waals surface area contributed by atoms with Crippen molar-refractivity contribution in [3.8, 4) is 0 Å². The highest BCUT2D eigenvalue weighted by atomic mass is 79.9. The van der Waals surface area contributed by atoms with Crippen LogP contribution in [-0.4, -0.2) is 9.72 Å². The van der Waals surface area contributed by atoms with Gasteiger partial charge in [-0.15, -0.1) is 0 Å². The van der Waals surface area contributed by atoms with Gasteiger partial charge < -0.3 is 9.09 Å². The van der Waals surface area contributed by atoms with Gasteiger partial charge in [-0.3, -0.25) is 4.79 Å². The lowest BCUT2D eigenvalue weighted by atomic mass is 10.3. The minimum atomic E-state index is -0.0781. The van der Waals surface area contributed by atoms with Crippen molar-refractivity contribution in [2.75, 3.05) is 0 Å². The summed E-state index contributed by atoms with van der Waals surface area (Å²) in [6.07, 6.45) is 0. The molecule has 5 heteroatoms. The fourth-order valence-electron chi connectivity index (χ4n) is 1.30. The van der Waals surface area contributed by atoms with E-state index in [1.54, 1.807) is 14.0 Å². The Morgan fingerprint density at radius 2 is 2.31 bits per heavy atom. The molecule has 0 atom stereocenters. The van der Waals surface area contributed by atoms with E-state index in [0.29, 0.717) is 10.1 Å². The van der Waals surface area contributed by atoms with Crippen molar-refractivity contribution in [1.82, 2.24) is 9.72 Å². The molecule has 0 amide bonds. The first-order valence-electron chi connectivity index (χ1n) is 3.73. The summed E-state index contributed by atoms with van der Waals surface area (Å²) in [6.45, 7) is 1.80. The predicted octanol–water partition coefficient (Wildman–Crippen LogP) is 1.60. The predicted molar refractivity (Wildman–Crippen MR) is 51.7 cm³/mol. The molecule has 2 aromatic rings. The fraction of sp³-hybridized carbons (Fsp3) is 0.250. The fourth-order valence-corrected chi connectivity index (χ4v) is 1.75. The third-order valence-electron chi connectivity index (χ3n) is 1.96. The maximum absolute atomic E-state index is 11.4. The van der Waals surface area contributed by atoms with Crippen LogP contribution in [0, 0.1) is 6.92 Å². The van der Waals surface area contributed by atoms with Crippen molar-refractivity contribution in [2.45, 2.75) is 6.92 Å². The molecule has 2 heterocycles. The van der Waals surface area contributed by atoms with E-state index in [0.717, 1.165) is 11.2 Å². The van der Waals surface area contributed by atoms with Crippen molar-refractivity contribution in [1.29, 1.82) is 0 Å². The average molecular weight is 243 g/mol. The first kappa shape index (κ1) is 8.50. The number of hydrogen-bond donors (Lipinski definition) is 0. The van der Waals surface area contributed by atoms with Crippen LogP contribution in [0.3, 0.4) is 0 Å². The van der Waals surface area contributed by atoms with Gasteiger partial charge in [0.05, 0.1) is 4.47 Å². The van der Waals surface area contributed by atoms with E-state index in [1.807, 2.05) is 0 Å².